The molecule has 8 heteroatoms. The summed E-state index contributed by atoms with van der Waals surface area (Å²) in [6, 6.07) is 11.8. The lowest BCUT2D eigenvalue weighted by atomic mass is 10.2. The lowest BCUT2D eigenvalue weighted by molar-refractivity contribution is 0.617. The van der Waals surface area contributed by atoms with E-state index in [1.807, 2.05) is 11.3 Å². The third-order valence-electron chi connectivity index (χ3n) is 4.30. The Bertz CT molecular complexity index is 1200. The molecule has 2 aromatic carbocycles. The molecule has 27 heavy (non-hydrogen) atoms. The van der Waals surface area contributed by atoms with Crippen LogP contribution in [0.4, 0.5) is 4.39 Å². The minimum atomic E-state index is -0.255. The van der Waals surface area contributed by atoms with Crippen LogP contribution >= 0.6 is 23.4 Å². The van der Waals surface area contributed by atoms with E-state index in [2.05, 4.69) is 10.2 Å². The summed E-state index contributed by atoms with van der Waals surface area (Å²) in [6.45, 7) is 2.54. The predicted molar refractivity (Wildman–Crippen MR) is 106 cm³/mol. The Morgan fingerprint density at radius 3 is 2.78 bits per heavy atom. The second-order valence-corrected chi connectivity index (χ2v) is 7.50. The van der Waals surface area contributed by atoms with Gasteiger partial charge in [-0.2, -0.15) is 0 Å². The smallest absolute Gasteiger partial charge is 0.262 e. The molecule has 0 aliphatic heterocycles. The third-order valence-corrected chi connectivity index (χ3v) is 5.51. The maximum absolute atomic E-state index is 13.9. The molecule has 0 N–H and O–H groups in total. The molecule has 0 saturated carbocycles. The van der Waals surface area contributed by atoms with Gasteiger partial charge in [0.15, 0.2) is 5.16 Å². The third kappa shape index (κ3) is 3.21. The van der Waals surface area contributed by atoms with Crippen LogP contribution in [0.2, 0.25) is 5.02 Å². The van der Waals surface area contributed by atoms with Gasteiger partial charge in [-0.15, -0.1) is 10.2 Å². The Labute approximate surface area is 163 Å². The highest BCUT2D eigenvalue weighted by Crippen LogP contribution is 2.26. The molecule has 2 aromatic heterocycles. The summed E-state index contributed by atoms with van der Waals surface area (Å²) in [5.74, 6) is 0.616. The fourth-order valence-corrected chi connectivity index (χ4v) is 4.12. The molecule has 0 fully saturated rings. The second-order valence-electron chi connectivity index (χ2n) is 6.12. The number of nitrogens with zero attached hydrogens (tertiary/aromatic N) is 4. The van der Waals surface area contributed by atoms with Crippen molar-refractivity contribution in [1.29, 1.82) is 0 Å². The Morgan fingerprint density at radius 2 is 2.00 bits per heavy atom. The van der Waals surface area contributed by atoms with Crippen LogP contribution in [-0.4, -0.2) is 19.2 Å². The van der Waals surface area contributed by atoms with Crippen molar-refractivity contribution >= 4 is 40.0 Å². The molecular weight excluding hydrogens is 387 g/mol. The first kappa shape index (κ1) is 18.0. The monoisotopic (exact) mass is 402 g/mol. The normalized spacial score (nSPS) is 11.5. The number of benzene rings is 2. The van der Waals surface area contributed by atoms with Gasteiger partial charge in [-0.1, -0.05) is 48.5 Å². The number of halogens is 2. The van der Waals surface area contributed by atoms with Crippen molar-refractivity contribution in [2.24, 2.45) is 0 Å². The molecule has 0 atom stereocenters. The highest BCUT2D eigenvalue weighted by molar-refractivity contribution is 7.98. The Morgan fingerprint density at radius 1 is 1.19 bits per heavy atom. The van der Waals surface area contributed by atoms with E-state index in [-0.39, 0.29) is 11.4 Å². The van der Waals surface area contributed by atoms with E-state index in [9.17, 15) is 9.18 Å². The SMILES string of the molecule is CCCn1c(=O)c2ccc(Cl)cc2n2c(SCc3ccccc3F)nnc12. The van der Waals surface area contributed by atoms with Crippen molar-refractivity contribution in [3.63, 3.8) is 0 Å². The molecule has 0 saturated heterocycles. The largest absolute Gasteiger partial charge is 0.276 e. The maximum Gasteiger partial charge on any atom is 0.262 e. The lowest BCUT2D eigenvalue weighted by Gasteiger charge is -2.11. The minimum Gasteiger partial charge on any atom is -0.276 e. The van der Waals surface area contributed by atoms with Gasteiger partial charge in [0, 0.05) is 17.3 Å². The van der Waals surface area contributed by atoms with Crippen molar-refractivity contribution in [1.82, 2.24) is 19.2 Å². The van der Waals surface area contributed by atoms with E-state index < -0.39 is 0 Å². The van der Waals surface area contributed by atoms with E-state index in [1.165, 1.54) is 17.8 Å². The zero-order valence-electron chi connectivity index (χ0n) is 14.5. The zero-order chi connectivity index (χ0) is 19.0. The number of hydrogen-bond donors (Lipinski definition) is 0. The van der Waals surface area contributed by atoms with E-state index >= 15 is 0 Å². The van der Waals surface area contributed by atoms with Crippen molar-refractivity contribution in [3.8, 4) is 0 Å². The van der Waals surface area contributed by atoms with Crippen molar-refractivity contribution in [3.05, 3.63) is 69.2 Å². The van der Waals surface area contributed by atoms with Crippen LogP contribution in [0.15, 0.2) is 52.4 Å². The summed E-state index contributed by atoms with van der Waals surface area (Å²) < 4.78 is 17.4. The van der Waals surface area contributed by atoms with Gasteiger partial charge >= 0.3 is 0 Å². The topological polar surface area (TPSA) is 52.2 Å². The van der Waals surface area contributed by atoms with E-state index in [0.29, 0.717) is 44.7 Å². The average molecular weight is 403 g/mol. The first-order valence-corrected chi connectivity index (χ1v) is 9.90. The highest BCUT2D eigenvalue weighted by Gasteiger charge is 2.17. The molecule has 4 aromatic rings. The summed E-state index contributed by atoms with van der Waals surface area (Å²) in [5.41, 5.74) is 1.12. The van der Waals surface area contributed by atoms with Crippen LogP contribution in [0.3, 0.4) is 0 Å². The number of aromatic nitrogens is 4. The Kier molecular flexibility index (Phi) is 4.88. The number of thioether (sulfide) groups is 1. The molecule has 138 valence electrons. The van der Waals surface area contributed by atoms with Gasteiger partial charge in [0.2, 0.25) is 5.78 Å². The summed E-state index contributed by atoms with van der Waals surface area (Å²) in [4.78, 5) is 12.9. The summed E-state index contributed by atoms with van der Waals surface area (Å²) in [7, 11) is 0. The Hall–Kier alpha value is -2.38. The molecule has 2 heterocycles. The quantitative estimate of drug-likeness (QED) is 0.460. The highest BCUT2D eigenvalue weighted by atomic mass is 35.5. The van der Waals surface area contributed by atoms with Gasteiger partial charge in [-0.25, -0.2) is 4.39 Å². The zero-order valence-corrected chi connectivity index (χ0v) is 16.1. The van der Waals surface area contributed by atoms with Crippen molar-refractivity contribution in [2.45, 2.75) is 30.8 Å². The lowest BCUT2D eigenvalue weighted by Crippen LogP contribution is -2.23. The molecule has 4 rings (SSSR count). The van der Waals surface area contributed by atoms with Gasteiger partial charge in [-0.05, 0) is 36.2 Å². The number of aryl methyl sites for hydroxylation is 1. The summed E-state index contributed by atoms with van der Waals surface area (Å²) in [5, 5.41) is 10.1. The van der Waals surface area contributed by atoms with Crippen LogP contribution < -0.4 is 5.56 Å². The first-order chi connectivity index (χ1) is 13.1. The standard InChI is InChI=1S/C19H16ClFN4OS/c1-2-9-24-17(26)14-8-7-13(20)10-16(14)25-18(24)22-23-19(25)27-11-12-5-3-4-6-15(12)21/h3-8,10H,2,9,11H2,1H3. The number of rotatable bonds is 5. The number of fused-ring (bicyclic) bond motifs is 3. The van der Waals surface area contributed by atoms with Gasteiger partial charge in [0.05, 0.1) is 10.9 Å². The predicted octanol–water partition coefficient (Wildman–Crippen LogP) is 4.54. The van der Waals surface area contributed by atoms with E-state index in [1.54, 1.807) is 41.0 Å². The van der Waals surface area contributed by atoms with Crippen molar-refractivity contribution < 1.29 is 4.39 Å². The van der Waals surface area contributed by atoms with Crippen LogP contribution in [0.5, 0.6) is 0 Å². The second kappa shape index (κ2) is 7.32. The molecule has 0 aliphatic rings. The van der Waals surface area contributed by atoms with Gasteiger partial charge in [0.1, 0.15) is 5.82 Å². The molecule has 0 aliphatic carbocycles. The molecule has 0 spiro atoms. The van der Waals surface area contributed by atoms with E-state index in [4.69, 9.17) is 11.6 Å². The maximum atomic E-state index is 13.9. The van der Waals surface area contributed by atoms with E-state index in [0.717, 1.165) is 6.42 Å². The minimum absolute atomic E-state index is 0.117. The molecule has 5 nitrogen and oxygen atoms in total. The number of hydrogen-bond acceptors (Lipinski definition) is 4. The van der Waals surface area contributed by atoms with Crippen LogP contribution in [0.1, 0.15) is 18.9 Å². The summed E-state index contributed by atoms with van der Waals surface area (Å²) >= 11 is 7.53. The fourth-order valence-electron chi connectivity index (χ4n) is 3.03. The van der Waals surface area contributed by atoms with Gasteiger partial charge < -0.3 is 0 Å². The molecule has 0 amide bonds. The first-order valence-electron chi connectivity index (χ1n) is 8.53. The average Bonchev–Trinajstić information content (AvgIpc) is 3.08. The molecule has 0 bridgehead atoms. The molecule has 0 unspecified atom stereocenters. The van der Waals surface area contributed by atoms with Crippen LogP contribution in [-0.2, 0) is 12.3 Å². The van der Waals surface area contributed by atoms with Gasteiger partial charge in [-0.3, -0.25) is 13.8 Å². The van der Waals surface area contributed by atoms with Crippen LogP contribution in [0.25, 0.3) is 16.7 Å². The molecular formula is C19H16ClFN4OS. The summed E-state index contributed by atoms with van der Waals surface area (Å²) in [6.07, 6.45) is 0.791. The molecule has 0 radical (unpaired) electrons. The van der Waals surface area contributed by atoms with Gasteiger partial charge in [0.25, 0.3) is 5.56 Å². The Balaban J connectivity index is 1.89. The van der Waals surface area contributed by atoms with Crippen molar-refractivity contribution in [2.75, 3.05) is 0 Å². The van der Waals surface area contributed by atoms with Crippen LogP contribution in [0, 0.1) is 5.82 Å². The fraction of sp³-hybridized carbons (Fsp3) is 0.211.